The Kier molecular flexibility index (Phi) is 2.29. The van der Waals surface area contributed by atoms with Crippen molar-refractivity contribution in [1.82, 2.24) is 0 Å². The van der Waals surface area contributed by atoms with Crippen LogP contribution in [0, 0.1) is 24.0 Å². The van der Waals surface area contributed by atoms with Gasteiger partial charge in [-0.25, -0.2) is 8.78 Å². The molecule has 12 heavy (non-hydrogen) atoms. The normalized spacial score (nSPS) is 9.17. The summed E-state index contributed by atoms with van der Waals surface area (Å²) in [7, 11) is 1.57. The zero-order valence-electron chi connectivity index (χ0n) is 6.49. The van der Waals surface area contributed by atoms with E-state index in [2.05, 4.69) is 5.32 Å². The Bertz CT molecular complexity index is 316. The molecule has 0 spiro atoms. The third-order valence-corrected chi connectivity index (χ3v) is 1.48. The number of halogens is 2. The molecule has 1 nitrogen and oxygen atoms in total. The predicted octanol–water partition coefficient (Wildman–Crippen LogP) is 1.99. The molecule has 0 saturated heterocycles. The lowest BCUT2D eigenvalue weighted by molar-refractivity contribution is 0.578. The Hall–Kier alpha value is -1.56. The van der Waals surface area contributed by atoms with Crippen molar-refractivity contribution in [3.63, 3.8) is 0 Å². The summed E-state index contributed by atoms with van der Waals surface area (Å²) < 4.78 is 25.8. The number of terminal acetylenes is 1. The van der Waals surface area contributed by atoms with Crippen molar-refractivity contribution >= 4 is 5.69 Å². The first-order chi connectivity index (χ1) is 5.69. The van der Waals surface area contributed by atoms with Crippen LogP contribution in [0.2, 0.25) is 0 Å². The molecule has 0 aromatic heterocycles. The summed E-state index contributed by atoms with van der Waals surface area (Å²) in [5, 5.41) is 2.61. The zero-order chi connectivity index (χ0) is 9.14. The largest absolute Gasteiger partial charge is 0.388 e. The number of anilines is 1. The minimum Gasteiger partial charge on any atom is -0.388 e. The van der Waals surface area contributed by atoms with Gasteiger partial charge in [-0.2, -0.15) is 0 Å². The third kappa shape index (κ3) is 1.37. The first-order valence-electron chi connectivity index (χ1n) is 3.32. The second-order valence-electron chi connectivity index (χ2n) is 2.21. The van der Waals surface area contributed by atoms with E-state index in [4.69, 9.17) is 6.42 Å². The van der Waals surface area contributed by atoms with Crippen molar-refractivity contribution in [1.29, 1.82) is 0 Å². The molecule has 62 valence electrons. The predicted molar refractivity (Wildman–Crippen MR) is 43.8 cm³/mol. The molecular formula is C9H7F2N. The van der Waals surface area contributed by atoms with Gasteiger partial charge in [0.05, 0.1) is 5.56 Å². The van der Waals surface area contributed by atoms with Crippen molar-refractivity contribution in [3.05, 3.63) is 29.3 Å². The molecule has 0 aliphatic heterocycles. The van der Waals surface area contributed by atoms with E-state index in [1.54, 1.807) is 7.05 Å². The molecule has 0 saturated carbocycles. The van der Waals surface area contributed by atoms with Gasteiger partial charge in [0.15, 0.2) is 0 Å². The number of hydrogen-bond donors (Lipinski definition) is 1. The molecule has 0 radical (unpaired) electrons. The van der Waals surface area contributed by atoms with Gasteiger partial charge in [-0.3, -0.25) is 0 Å². The lowest BCUT2D eigenvalue weighted by atomic mass is 10.2. The topological polar surface area (TPSA) is 12.0 Å². The Morgan fingerprint density at radius 2 is 1.83 bits per heavy atom. The smallest absolute Gasteiger partial charge is 0.143 e. The van der Waals surface area contributed by atoms with Crippen molar-refractivity contribution in [2.24, 2.45) is 0 Å². The van der Waals surface area contributed by atoms with E-state index in [0.29, 0.717) is 5.69 Å². The van der Waals surface area contributed by atoms with E-state index >= 15 is 0 Å². The highest BCUT2D eigenvalue weighted by Gasteiger charge is 2.07. The molecule has 0 atom stereocenters. The average Bonchev–Trinajstić information content (AvgIpc) is 2.03. The van der Waals surface area contributed by atoms with Gasteiger partial charge in [0, 0.05) is 12.7 Å². The first kappa shape index (κ1) is 8.54. The summed E-state index contributed by atoms with van der Waals surface area (Å²) in [6.07, 6.45) is 4.89. The first-order valence-corrected chi connectivity index (χ1v) is 3.32. The molecular weight excluding hydrogens is 160 g/mol. The average molecular weight is 167 g/mol. The van der Waals surface area contributed by atoms with E-state index in [-0.39, 0.29) is 5.56 Å². The van der Waals surface area contributed by atoms with Crippen LogP contribution in [0.25, 0.3) is 0 Å². The monoisotopic (exact) mass is 167 g/mol. The third-order valence-electron chi connectivity index (χ3n) is 1.48. The zero-order valence-corrected chi connectivity index (χ0v) is 6.49. The molecule has 0 aliphatic carbocycles. The fourth-order valence-electron chi connectivity index (χ4n) is 0.855. The minimum atomic E-state index is -0.721. The van der Waals surface area contributed by atoms with Crippen molar-refractivity contribution in [3.8, 4) is 12.3 Å². The van der Waals surface area contributed by atoms with Crippen LogP contribution in [0.3, 0.4) is 0 Å². The fourth-order valence-corrected chi connectivity index (χ4v) is 0.855. The molecule has 1 aromatic rings. The molecule has 0 fully saturated rings. The Morgan fingerprint density at radius 3 is 2.17 bits per heavy atom. The van der Waals surface area contributed by atoms with Gasteiger partial charge >= 0.3 is 0 Å². The lowest BCUT2D eigenvalue weighted by Crippen LogP contribution is -1.95. The Balaban J connectivity index is 3.30. The fraction of sp³-hybridized carbons (Fsp3) is 0.111. The SMILES string of the molecule is C#Cc1c(F)cc(NC)cc1F. The highest BCUT2D eigenvalue weighted by atomic mass is 19.1. The van der Waals surface area contributed by atoms with Gasteiger partial charge in [0.2, 0.25) is 0 Å². The molecule has 1 aromatic carbocycles. The van der Waals surface area contributed by atoms with Crippen LogP contribution in [-0.4, -0.2) is 7.05 Å². The maximum Gasteiger partial charge on any atom is 0.143 e. The molecule has 3 heteroatoms. The van der Waals surface area contributed by atoms with Crippen molar-refractivity contribution < 1.29 is 8.78 Å². The standard InChI is InChI=1S/C9H7F2N/c1-3-7-8(10)4-6(12-2)5-9(7)11/h1,4-5,12H,2H3. The summed E-state index contributed by atoms with van der Waals surface area (Å²) in [6.45, 7) is 0. The molecule has 0 unspecified atom stereocenters. The van der Waals surface area contributed by atoms with E-state index in [1.165, 1.54) is 0 Å². The molecule has 1 N–H and O–H groups in total. The lowest BCUT2D eigenvalue weighted by Gasteiger charge is -2.02. The van der Waals surface area contributed by atoms with Crippen LogP contribution in [0.4, 0.5) is 14.5 Å². The summed E-state index contributed by atoms with van der Waals surface area (Å²) >= 11 is 0. The maximum absolute atomic E-state index is 12.9. The van der Waals surface area contributed by atoms with Crippen molar-refractivity contribution in [2.45, 2.75) is 0 Å². The number of nitrogens with one attached hydrogen (secondary N) is 1. The number of benzene rings is 1. The molecule has 0 aliphatic rings. The van der Waals surface area contributed by atoms with E-state index in [0.717, 1.165) is 12.1 Å². The van der Waals surface area contributed by atoms with Crippen LogP contribution in [-0.2, 0) is 0 Å². The van der Waals surface area contributed by atoms with Crippen LogP contribution in [0.1, 0.15) is 5.56 Å². The number of rotatable bonds is 1. The highest BCUT2D eigenvalue weighted by molar-refractivity contribution is 5.49. The van der Waals surface area contributed by atoms with Gasteiger partial charge < -0.3 is 5.32 Å². The Labute approximate surface area is 69.4 Å². The second kappa shape index (κ2) is 3.22. The van der Waals surface area contributed by atoms with Gasteiger partial charge in [0.1, 0.15) is 11.6 Å². The van der Waals surface area contributed by atoms with Crippen LogP contribution >= 0.6 is 0 Å². The van der Waals surface area contributed by atoms with Gasteiger partial charge in [-0.1, -0.05) is 5.92 Å². The second-order valence-corrected chi connectivity index (χ2v) is 2.21. The van der Waals surface area contributed by atoms with Crippen LogP contribution in [0.15, 0.2) is 12.1 Å². The molecule has 0 bridgehead atoms. The van der Waals surface area contributed by atoms with E-state index in [1.807, 2.05) is 5.92 Å². The van der Waals surface area contributed by atoms with Gasteiger partial charge in [0.25, 0.3) is 0 Å². The van der Waals surface area contributed by atoms with E-state index < -0.39 is 11.6 Å². The summed E-state index contributed by atoms with van der Waals surface area (Å²) in [5.41, 5.74) is 0.0398. The summed E-state index contributed by atoms with van der Waals surface area (Å²) in [6, 6.07) is 2.30. The highest BCUT2D eigenvalue weighted by Crippen LogP contribution is 2.17. The van der Waals surface area contributed by atoms with Gasteiger partial charge in [-0.15, -0.1) is 6.42 Å². The van der Waals surface area contributed by atoms with Crippen molar-refractivity contribution in [2.75, 3.05) is 12.4 Å². The molecule has 1 rings (SSSR count). The molecule has 0 heterocycles. The quantitative estimate of drug-likeness (QED) is 0.630. The van der Waals surface area contributed by atoms with Crippen LogP contribution < -0.4 is 5.32 Å². The van der Waals surface area contributed by atoms with Crippen LogP contribution in [0.5, 0.6) is 0 Å². The summed E-state index contributed by atoms with van der Waals surface area (Å²) in [4.78, 5) is 0. The van der Waals surface area contributed by atoms with Gasteiger partial charge in [-0.05, 0) is 12.1 Å². The molecule has 0 amide bonds. The van der Waals surface area contributed by atoms with E-state index in [9.17, 15) is 8.78 Å². The summed E-state index contributed by atoms with van der Waals surface area (Å²) in [5.74, 6) is 0.496. The minimum absolute atomic E-state index is 0.325. The Morgan fingerprint density at radius 1 is 1.33 bits per heavy atom. The maximum atomic E-state index is 12.9. The number of hydrogen-bond acceptors (Lipinski definition) is 1.